The standard InChI is InChI=1S/C14H17ClF3NO2S2/c15-12-4-2-1-3-11(12)13-5-7-19(8-9-22-13)23(20,21)10-6-14(16,17)18/h1-4,13H,5-10H2/t13-/m1/s1. The lowest BCUT2D eigenvalue weighted by Crippen LogP contribution is -2.36. The van der Waals surface area contributed by atoms with E-state index in [-0.39, 0.29) is 18.3 Å². The minimum Gasteiger partial charge on any atom is -0.212 e. The van der Waals surface area contributed by atoms with Crippen LogP contribution in [0, 0.1) is 0 Å². The normalized spacial score (nSPS) is 21.1. The summed E-state index contributed by atoms with van der Waals surface area (Å²) in [4.78, 5) is 0. The van der Waals surface area contributed by atoms with Gasteiger partial charge < -0.3 is 0 Å². The quantitative estimate of drug-likeness (QED) is 0.780. The van der Waals surface area contributed by atoms with Gasteiger partial charge in [-0.2, -0.15) is 24.9 Å². The van der Waals surface area contributed by atoms with Gasteiger partial charge >= 0.3 is 6.18 Å². The molecule has 1 aromatic rings. The summed E-state index contributed by atoms with van der Waals surface area (Å²) in [7, 11) is -3.89. The van der Waals surface area contributed by atoms with Crippen LogP contribution in [0.25, 0.3) is 0 Å². The number of sulfonamides is 1. The summed E-state index contributed by atoms with van der Waals surface area (Å²) < 4.78 is 62.1. The van der Waals surface area contributed by atoms with Crippen molar-refractivity contribution in [3.8, 4) is 0 Å². The highest BCUT2D eigenvalue weighted by atomic mass is 35.5. The Kier molecular flexibility index (Phi) is 6.27. The second-order valence-electron chi connectivity index (χ2n) is 5.25. The van der Waals surface area contributed by atoms with Gasteiger partial charge in [0.15, 0.2) is 0 Å². The van der Waals surface area contributed by atoms with Gasteiger partial charge in [0, 0.05) is 29.1 Å². The van der Waals surface area contributed by atoms with E-state index in [4.69, 9.17) is 11.6 Å². The third-order valence-corrected chi connectivity index (χ3v) is 7.12. The van der Waals surface area contributed by atoms with Crippen molar-refractivity contribution >= 4 is 33.4 Å². The van der Waals surface area contributed by atoms with Gasteiger partial charge in [0.2, 0.25) is 10.0 Å². The monoisotopic (exact) mass is 387 g/mol. The van der Waals surface area contributed by atoms with Gasteiger partial charge in [0.05, 0.1) is 12.2 Å². The molecule has 1 aliphatic rings. The Hall–Kier alpha value is -0.440. The molecular weight excluding hydrogens is 371 g/mol. The Bertz CT molecular complexity index is 637. The van der Waals surface area contributed by atoms with E-state index in [0.29, 0.717) is 17.2 Å². The molecule has 23 heavy (non-hydrogen) atoms. The lowest BCUT2D eigenvalue weighted by molar-refractivity contribution is -0.130. The number of thioether (sulfide) groups is 1. The Morgan fingerprint density at radius 2 is 1.96 bits per heavy atom. The molecule has 0 amide bonds. The number of hydrogen-bond donors (Lipinski definition) is 0. The van der Waals surface area contributed by atoms with Crippen molar-refractivity contribution in [2.24, 2.45) is 0 Å². The van der Waals surface area contributed by atoms with Crippen LogP contribution in [-0.2, 0) is 10.0 Å². The summed E-state index contributed by atoms with van der Waals surface area (Å²) >= 11 is 7.75. The third kappa shape index (κ3) is 5.55. The largest absolute Gasteiger partial charge is 0.390 e. The molecule has 0 spiro atoms. The van der Waals surface area contributed by atoms with E-state index in [2.05, 4.69) is 0 Å². The second-order valence-corrected chi connectivity index (χ2v) is 9.06. The average Bonchev–Trinajstić information content (AvgIpc) is 2.71. The van der Waals surface area contributed by atoms with E-state index in [1.165, 1.54) is 4.31 Å². The first-order valence-electron chi connectivity index (χ1n) is 7.10. The van der Waals surface area contributed by atoms with E-state index in [1.807, 2.05) is 18.2 Å². The molecule has 0 aromatic heterocycles. The highest BCUT2D eigenvalue weighted by Crippen LogP contribution is 2.38. The van der Waals surface area contributed by atoms with Crippen molar-refractivity contribution in [3.05, 3.63) is 34.9 Å². The minimum atomic E-state index is -4.46. The fourth-order valence-electron chi connectivity index (χ4n) is 2.39. The second kappa shape index (κ2) is 7.63. The molecule has 1 heterocycles. The fraction of sp³-hybridized carbons (Fsp3) is 0.571. The maximum atomic E-state index is 12.3. The molecule has 0 radical (unpaired) electrons. The minimum absolute atomic E-state index is 0.0477. The zero-order valence-electron chi connectivity index (χ0n) is 12.2. The summed E-state index contributed by atoms with van der Waals surface area (Å²) in [6.45, 7) is 0.439. The zero-order valence-corrected chi connectivity index (χ0v) is 14.6. The van der Waals surface area contributed by atoms with E-state index in [9.17, 15) is 21.6 Å². The molecule has 2 rings (SSSR count). The van der Waals surface area contributed by atoms with Crippen LogP contribution >= 0.6 is 23.4 Å². The van der Waals surface area contributed by atoms with Crippen molar-refractivity contribution in [1.82, 2.24) is 4.31 Å². The number of alkyl halides is 3. The topological polar surface area (TPSA) is 37.4 Å². The predicted molar refractivity (Wildman–Crippen MR) is 87.3 cm³/mol. The number of halogens is 4. The number of hydrogen-bond acceptors (Lipinski definition) is 3. The summed E-state index contributed by atoms with van der Waals surface area (Å²) in [5.74, 6) is -0.362. The summed E-state index contributed by atoms with van der Waals surface area (Å²) in [6, 6.07) is 7.36. The SMILES string of the molecule is O=S(=O)(CCC(F)(F)F)N1CCS[C@@H](c2ccccc2Cl)CC1. The van der Waals surface area contributed by atoms with Crippen LogP contribution in [0.2, 0.25) is 5.02 Å². The molecule has 9 heteroatoms. The van der Waals surface area contributed by atoms with Crippen molar-refractivity contribution in [2.45, 2.75) is 24.3 Å². The summed E-state index contributed by atoms with van der Waals surface area (Å²) in [5, 5.41) is 0.671. The van der Waals surface area contributed by atoms with Crippen LogP contribution in [0.3, 0.4) is 0 Å². The lowest BCUT2D eigenvalue weighted by Gasteiger charge is -2.20. The number of benzene rings is 1. The predicted octanol–water partition coefficient (Wildman–Crippen LogP) is 4.10. The van der Waals surface area contributed by atoms with Crippen LogP contribution in [-0.4, -0.2) is 43.5 Å². The first-order chi connectivity index (χ1) is 10.7. The van der Waals surface area contributed by atoms with Crippen molar-refractivity contribution in [1.29, 1.82) is 0 Å². The molecule has 1 fully saturated rings. The molecule has 0 bridgehead atoms. The molecule has 0 saturated carbocycles. The molecule has 1 saturated heterocycles. The number of nitrogens with zero attached hydrogens (tertiary/aromatic N) is 1. The van der Waals surface area contributed by atoms with Crippen LogP contribution in [0.1, 0.15) is 23.7 Å². The maximum absolute atomic E-state index is 12.3. The first-order valence-corrected chi connectivity index (χ1v) is 10.1. The van der Waals surface area contributed by atoms with E-state index < -0.39 is 28.4 Å². The molecule has 1 aromatic carbocycles. The highest BCUT2D eigenvalue weighted by molar-refractivity contribution is 7.99. The highest BCUT2D eigenvalue weighted by Gasteiger charge is 2.33. The van der Waals surface area contributed by atoms with E-state index in [1.54, 1.807) is 17.8 Å². The van der Waals surface area contributed by atoms with Crippen molar-refractivity contribution < 1.29 is 21.6 Å². The van der Waals surface area contributed by atoms with Gasteiger partial charge in [-0.15, -0.1) is 0 Å². The average molecular weight is 388 g/mol. The molecule has 130 valence electrons. The third-order valence-electron chi connectivity index (χ3n) is 3.59. The molecule has 0 N–H and O–H groups in total. The Morgan fingerprint density at radius 1 is 1.26 bits per heavy atom. The van der Waals surface area contributed by atoms with Crippen molar-refractivity contribution in [3.63, 3.8) is 0 Å². The van der Waals surface area contributed by atoms with Gasteiger partial charge in [0.1, 0.15) is 0 Å². The van der Waals surface area contributed by atoms with E-state index >= 15 is 0 Å². The lowest BCUT2D eigenvalue weighted by atomic mass is 10.1. The Labute approximate surface area is 143 Å². The molecule has 1 aliphatic heterocycles. The first kappa shape index (κ1) is 18.9. The van der Waals surface area contributed by atoms with Gasteiger partial charge in [-0.25, -0.2) is 12.7 Å². The smallest absolute Gasteiger partial charge is 0.212 e. The molecule has 1 atom stereocenters. The van der Waals surface area contributed by atoms with E-state index in [0.717, 1.165) is 5.56 Å². The van der Waals surface area contributed by atoms with Gasteiger partial charge in [-0.3, -0.25) is 0 Å². The summed E-state index contributed by atoms with van der Waals surface area (Å²) in [5.41, 5.74) is 0.939. The van der Waals surface area contributed by atoms with Crippen molar-refractivity contribution in [2.75, 3.05) is 24.6 Å². The molecule has 0 aliphatic carbocycles. The molecule has 0 unspecified atom stereocenters. The van der Waals surface area contributed by atoms with Gasteiger partial charge in [-0.1, -0.05) is 29.8 Å². The fourth-order valence-corrected chi connectivity index (χ4v) is 5.60. The van der Waals surface area contributed by atoms with Crippen LogP contribution in [0.5, 0.6) is 0 Å². The maximum Gasteiger partial charge on any atom is 0.390 e. The zero-order chi connectivity index (χ0) is 17.1. The van der Waals surface area contributed by atoms with Crippen LogP contribution in [0.4, 0.5) is 13.2 Å². The van der Waals surface area contributed by atoms with Gasteiger partial charge in [0.25, 0.3) is 0 Å². The summed E-state index contributed by atoms with van der Waals surface area (Å²) in [6.07, 6.45) is -5.25. The van der Waals surface area contributed by atoms with Crippen LogP contribution < -0.4 is 0 Å². The molecular formula is C14H17ClF3NO2S2. The number of rotatable bonds is 4. The van der Waals surface area contributed by atoms with Gasteiger partial charge in [-0.05, 0) is 18.1 Å². The Balaban J connectivity index is 2.02. The molecule has 3 nitrogen and oxygen atoms in total. The van der Waals surface area contributed by atoms with Crippen LogP contribution in [0.15, 0.2) is 24.3 Å². The Morgan fingerprint density at radius 3 is 2.61 bits per heavy atom.